The lowest BCUT2D eigenvalue weighted by atomic mass is 9.77. The van der Waals surface area contributed by atoms with E-state index < -0.39 is 6.69 Å². The Morgan fingerprint density at radius 1 is 1.29 bits per heavy atom. The summed E-state index contributed by atoms with van der Waals surface area (Å²) in [6.45, 7) is 2.48. The minimum absolute atomic E-state index is 0.319. The zero-order valence-electron chi connectivity index (χ0n) is 8.95. The lowest BCUT2D eigenvalue weighted by Crippen LogP contribution is -2.39. The molecule has 0 aromatic rings. The fourth-order valence-electron chi connectivity index (χ4n) is 2.58. The number of alkyl halides is 1. The van der Waals surface area contributed by atoms with Gasteiger partial charge in [-0.3, -0.25) is 0 Å². The maximum atomic E-state index is 6.52. The van der Waals surface area contributed by atoms with Crippen LogP contribution in [0.5, 0.6) is 0 Å². The third-order valence-corrected chi connectivity index (χ3v) is 9.67. The van der Waals surface area contributed by atoms with Crippen LogP contribution in [-0.4, -0.2) is 12.6 Å². The molecule has 0 heterocycles. The molecule has 0 spiro atoms. The monoisotopic (exact) mass is 272 g/mol. The molecule has 0 bridgehead atoms. The topological polar surface area (TPSA) is 0 Å². The number of halogens is 3. The zero-order valence-corrected chi connectivity index (χ0v) is 12.2. The summed E-state index contributed by atoms with van der Waals surface area (Å²) < 4.78 is 0. The summed E-state index contributed by atoms with van der Waals surface area (Å²) in [7, 11) is 0. The van der Waals surface area contributed by atoms with Crippen molar-refractivity contribution in [1.29, 1.82) is 0 Å². The fourth-order valence-corrected chi connectivity index (χ4v) is 9.56. The van der Waals surface area contributed by atoms with E-state index in [0.717, 1.165) is 6.04 Å². The van der Waals surface area contributed by atoms with Crippen LogP contribution < -0.4 is 0 Å². The van der Waals surface area contributed by atoms with Crippen LogP contribution in [0.2, 0.25) is 11.6 Å². The third kappa shape index (κ3) is 3.04. The molecule has 0 aromatic carbocycles. The molecule has 1 fully saturated rings. The van der Waals surface area contributed by atoms with Crippen LogP contribution in [0, 0.1) is 5.41 Å². The second-order valence-electron chi connectivity index (χ2n) is 4.99. The van der Waals surface area contributed by atoms with E-state index in [9.17, 15) is 0 Å². The lowest BCUT2D eigenvalue weighted by molar-refractivity contribution is 0.241. The van der Waals surface area contributed by atoms with E-state index in [4.69, 9.17) is 33.8 Å². The number of hydrogen-bond donors (Lipinski definition) is 0. The SMILES string of the molecule is CC1(C)CCCCC1[Si](Cl)(Cl)CCCl. The van der Waals surface area contributed by atoms with Gasteiger partial charge in [-0.15, -0.1) is 33.8 Å². The van der Waals surface area contributed by atoms with Gasteiger partial charge in [-0.1, -0.05) is 33.1 Å². The van der Waals surface area contributed by atoms with Gasteiger partial charge in [0.15, 0.2) is 0 Å². The van der Waals surface area contributed by atoms with Crippen molar-refractivity contribution in [1.82, 2.24) is 0 Å². The van der Waals surface area contributed by atoms with Crippen molar-refractivity contribution in [3.63, 3.8) is 0 Å². The Balaban J connectivity index is 2.72. The van der Waals surface area contributed by atoms with Crippen LogP contribution in [0.25, 0.3) is 0 Å². The first kappa shape index (κ1) is 13.2. The Kier molecular flexibility index (Phi) is 4.65. The van der Waals surface area contributed by atoms with Crippen LogP contribution in [0.4, 0.5) is 0 Å². The van der Waals surface area contributed by atoms with Gasteiger partial charge in [-0.05, 0) is 23.4 Å². The van der Waals surface area contributed by atoms with Crippen LogP contribution >= 0.6 is 33.8 Å². The normalized spacial score (nSPS) is 27.6. The van der Waals surface area contributed by atoms with Gasteiger partial charge in [-0.25, -0.2) is 0 Å². The molecule has 0 N–H and O–H groups in total. The molecule has 0 aromatic heterocycles. The van der Waals surface area contributed by atoms with Crippen molar-refractivity contribution in [3.05, 3.63) is 0 Å². The molecule has 4 heteroatoms. The average Bonchev–Trinajstić information content (AvgIpc) is 2.02. The van der Waals surface area contributed by atoms with Crippen molar-refractivity contribution in [2.45, 2.75) is 51.1 Å². The highest BCUT2D eigenvalue weighted by Crippen LogP contribution is 2.53. The molecular formula is C10H19Cl3Si. The molecule has 1 saturated carbocycles. The van der Waals surface area contributed by atoms with E-state index in [-0.39, 0.29) is 0 Å². The molecule has 0 radical (unpaired) electrons. The van der Waals surface area contributed by atoms with Gasteiger partial charge in [0.2, 0.25) is 0 Å². The Labute approximate surface area is 103 Å². The Bertz CT molecular complexity index is 192. The molecular weight excluding hydrogens is 255 g/mol. The van der Waals surface area contributed by atoms with Crippen LogP contribution in [0.3, 0.4) is 0 Å². The van der Waals surface area contributed by atoms with Gasteiger partial charge >= 0.3 is 0 Å². The summed E-state index contributed by atoms with van der Waals surface area (Å²) in [5.41, 5.74) is 0.839. The van der Waals surface area contributed by atoms with Gasteiger partial charge < -0.3 is 0 Å². The molecule has 0 amide bonds. The van der Waals surface area contributed by atoms with E-state index in [1.54, 1.807) is 0 Å². The zero-order chi connectivity index (χ0) is 10.8. The number of rotatable bonds is 3. The quantitative estimate of drug-likeness (QED) is 0.380. The smallest absolute Gasteiger partial charge is 0.145 e. The van der Waals surface area contributed by atoms with E-state index >= 15 is 0 Å². The van der Waals surface area contributed by atoms with Gasteiger partial charge in [0.1, 0.15) is 0 Å². The summed E-state index contributed by atoms with van der Waals surface area (Å²) in [5.74, 6) is 0.603. The van der Waals surface area contributed by atoms with Crippen molar-refractivity contribution >= 4 is 40.5 Å². The highest BCUT2D eigenvalue weighted by molar-refractivity contribution is 7.46. The first-order valence-corrected chi connectivity index (χ1v) is 10.2. The molecule has 0 nitrogen and oxygen atoms in total. The molecule has 0 aliphatic heterocycles. The summed E-state index contributed by atoms with van der Waals surface area (Å²) >= 11 is 18.8. The maximum Gasteiger partial charge on any atom is 0.256 e. The first-order chi connectivity index (χ1) is 6.40. The molecule has 14 heavy (non-hydrogen) atoms. The highest BCUT2D eigenvalue weighted by Gasteiger charge is 2.47. The van der Waals surface area contributed by atoms with Gasteiger partial charge in [0.05, 0.1) is 0 Å². The molecule has 84 valence electrons. The van der Waals surface area contributed by atoms with E-state index in [1.807, 2.05) is 0 Å². The molecule has 1 unspecified atom stereocenters. The second-order valence-corrected chi connectivity index (χ2v) is 12.7. The van der Waals surface area contributed by atoms with E-state index in [1.165, 1.54) is 25.7 Å². The molecule has 0 saturated heterocycles. The van der Waals surface area contributed by atoms with Gasteiger partial charge in [0, 0.05) is 5.88 Å². The van der Waals surface area contributed by atoms with Crippen molar-refractivity contribution in [3.8, 4) is 0 Å². The number of hydrogen-bond acceptors (Lipinski definition) is 0. The van der Waals surface area contributed by atoms with Crippen LogP contribution in [0.15, 0.2) is 0 Å². The summed E-state index contributed by atoms with van der Waals surface area (Å²) in [6.07, 6.45) is 5.06. The average molecular weight is 274 g/mol. The predicted octanol–water partition coefficient (Wildman–Crippen LogP) is 5.12. The Morgan fingerprint density at radius 3 is 2.43 bits per heavy atom. The predicted molar refractivity (Wildman–Crippen MR) is 69.0 cm³/mol. The molecule has 1 aliphatic rings. The van der Waals surface area contributed by atoms with E-state index in [2.05, 4.69) is 13.8 Å². The van der Waals surface area contributed by atoms with Crippen molar-refractivity contribution < 1.29 is 0 Å². The third-order valence-electron chi connectivity index (χ3n) is 3.44. The van der Waals surface area contributed by atoms with Crippen LogP contribution in [0.1, 0.15) is 39.5 Å². The Morgan fingerprint density at radius 2 is 1.93 bits per heavy atom. The minimum Gasteiger partial charge on any atom is -0.145 e. The van der Waals surface area contributed by atoms with Crippen LogP contribution in [-0.2, 0) is 0 Å². The summed E-state index contributed by atoms with van der Waals surface area (Å²) in [6, 6.07) is 0.825. The largest absolute Gasteiger partial charge is 0.256 e. The van der Waals surface area contributed by atoms with Crippen molar-refractivity contribution in [2.24, 2.45) is 5.41 Å². The first-order valence-electron chi connectivity index (χ1n) is 5.34. The highest BCUT2D eigenvalue weighted by atomic mass is 35.7. The second kappa shape index (κ2) is 4.95. The summed E-state index contributed by atoms with van der Waals surface area (Å²) in [5, 5.41) is 0. The minimum atomic E-state index is -2.13. The standard InChI is InChI=1S/C10H19Cl3Si/c1-10(2)6-4-3-5-9(10)14(12,13)8-7-11/h9H,3-8H2,1-2H3. The molecule has 1 aliphatic carbocycles. The van der Waals surface area contributed by atoms with Crippen molar-refractivity contribution in [2.75, 3.05) is 5.88 Å². The molecule has 1 rings (SSSR count). The maximum absolute atomic E-state index is 6.52. The fraction of sp³-hybridized carbons (Fsp3) is 1.00. The van der Waals surface area contributed by atoms with Gasteiger partial charge in [-0.2, -0.15) is 0 Å². The molecule has 1 atom stereocenters. The lowest BCUT2D eigenvalue weighted by Gasteiger charge is -2.43. The van der Waals surface area contributed by atoms with Gasteiger partial charge in [0.25, 0.3) is 6.69 Å². The van der Waals surface area contributed by atoms with E-state index in [0.29, 0.717) is 16.8 Å². The summed E-state index contributed by atoms with van der Waals surface area (Å²) in [4.78, 5) is 0. The Hall–Kier alpha value is 1.09.